The summed E-state index contributed by atoms with van der Waals surface area (Å²) in [6, 6.07) is 6.07. The smallest absolute Gasteiger partial charge is 0.264 e. The molecule has 1 saturated heterocycles. The molecule has 6 heteroatoms. The first-order valence-corrected chi connectivity index (χ1v) is 8.55. The Morgan fingerprint density at radius 1 is 1.28 bits per heavy atom. The van der Waals surface area contributed by atoms with Crippen molar-refractivity contribution in [2.75, 3.05) is 20.2 Å². The summed E-state index contributed by atoms with van der Waals surface area (Å²) in [5, 5.41) is 4.08. The predicted molar refractivity (Wildman–Crippen MR) is 90.6 cm³/mol. The average molecular weight is 342 g/mol. The van der Waals surface area contributed by atoms with Gasteiger partial charge in [0.25, 0.3) is 5.91 Å². The van der Waals surface area contributed by atoms with Crippen LogP contribution in [0.5, 0.6) is 5.75 Å². The fourth-order valence-electron chi connectivity index (χ4n) is 3.43. The summed E-state index contributed by atoms with van der Waals surface area (Å²) >= 11 is 0. The second-order valence-electron chi connectivity index (χ2n) is 6.95. The zero-order valence-electron chi connectivity index (χ0n) is 14.7. The van der Waals surface area contributed by atoms with Crippen molar-refractivity contribution in [3.63, 3.8) is 0 Å². The van der Waals surface area contributed by atoms with Crippen LogP contribution in [0.2, 0.25) is 0 Å². The topological polar surface area (TPSA) is 64.8 Å². The Labute approximate surface area is 146 Å². The highest BCUT2D eigenvalue weighted by atomic mass is 16.5. The van der Waals surface area contributed by atoms with Gasteiger partial charge in [-0.15, -0.1) is 0 Å². The molecule has 1 unspecified atom stereocenters. The first-order chi connectivity index (χ1) is 12.0. The molecule has 0 N–H and O–H groups in total. The molecule has 2 aliphatic rings. The molecule has 2 aromatic rings. The lowest BCUT2D eigenvalue weighted by Crippen LogP contribution is -2.53. The van der Waals surface area contributed by atoms with E-state index in [2.05, 4.69) is 25.1 Å². The maximum Gasteiger partial charge on any atom is 0.264 e. The summed E-state index contributed by atoms with van der Waals surface area (Å²) in [4.78, 5) is 14.5. The van der Waals surface area contributed by atoms with E-state index >= 15 is 0 Å². The van der Waals surface area contributed by atoms with Crippen molar-refractivity contribution >= 4 is 5.91 Å². The van der Waals surface area contributed by atoms with Crippen LogP contribution in [0.1, 0.15) is 34.1 Å². The van der Waals surface area contributed by atoms with Crippen molar-refractivity contribution in [2.24, 2.45) is 0 Å². The Morgan fingerprint density at radius 3 is 2.80 bits per heavy atom. The van der Waals surface area contributed by atoms with Crippen LogP contribution in [0.4, 0.5) is 0 Å². The molecule has 2 aliphatic heterocycles. The van der Waals surface area contributed by atoms with E-state index < -0.39 is 6.10 Å². The van der Waals surface area contributed by atoms with Gasteiger partial charge in [0.2, 0.25) is 0 Å². The minimum absolute atomic E-state index is 0.0587. The molecular weight excluding hydrogens is 320 g/mol. The van der Waals surface area contributed by atoms with Crippen molar-refractivity contribution in [3.8, 4) is 5.75 Å². The molecule has 1 amide bonds. The monoisotopic (exact) mass is 342 g/mol. The number of carbonyl (C=O) groups is 1. The Balaban J connectivity index is 1.36. The molecule has 6 nitrogen and oxygen atoms in total. The molecule has 1 atom stereocenters. The average Bonchev–Trinajstić information content (AvgIpc) is 3.14. The third-order valence-electron chi connectivity index (χ3n) is 5.10. The summed E-state index contributed by atoms with van der Waals surface area (Å²) in [6.07, 6.45) is 0.247. The Bertz CT molecular complexity index is 777. The zero-order chi connectivity index (χ0) is 17.6. The highest BCUT2D eigenvalue weighted by Crippen LogP contribution is 2.34. The fraction of sp³-hybridized carbons (Fsp3) is 0.474. The second kappa shape index (κ2) is 6.19. The molecule has 1 fully saturated rings. The van der Waals surface area contributed by atoms with Crippen LogP contribution in [-0.4, -0.2) is 42.3 Å². The minimum atomic E-state index is -0.404. The third kappa shape index (κ3) is 2.91. The minimum Gasteiger partial charge on any atom is -0.480 e. The van der Waals surface area contributed by atoms with Crippen LogP contribution >= 0.6 is 0 Å². The summed E-state index contributed by atoms with van der Waals surface area (Å²) in [5.41, 5.74) is 4.43. The lowest BCUT2D eigenvalue weighted by molar-refractivity contribution is -0.142. The van der Waals surface area contributed by atoms with Crippen molar-refractivity contribution in [1.82, 2.24) is 10.1 Å². The lowest BCUT2D eigenvalue weighted by atomic mass is 9.95. The number of benzene rings is 1. The Morgan fingerprint density at radius 2 is 2.04 bits per heavy atom. The van der Waals surface area contributed by atoms with Crippen molar-refractivity contribution in [2.45, 2.75) is 38.9 Å². The molecule has 0 saturated carbocycles. The maximum absolute atomic E-state index is 12.7. The molecule has 0 bridgehead atoms. The van der Waals surface area contributed by atoms with E-state index in [-0.39, 0.29) is 11.8 Å². The van der Waals surface area contributed by atoms with Gasteiger partial charge in [-0.3, -0.25) is 4.79 Å². The van der Waals surface area contributed by atoms with E-state index in [1.807, 2.05) is 17.0 Å². The van der Waals surface area contributed by atoms with E-state index in [1.54, 1.807) is 7.11 Å². The van der Waals surface area contributed by atoms with Gasteiger partial charge in [-0.1, -0.05) is 11.2 Å². The van der Waals surface area contributed by atoms with Gasteiger partial charge in [0.1, 0.15) is 12.4 Å². The maximum atomic E-state index is 12.7. The van der Waals surface area contributed by atoms with Gasteiger partial charge in [-0.25, -0.2) is 0 Å². The van der Waals surface area contributed by atoms with E-state index in [1.165, 1.54) is 11.1 Å². The molecule has 3 heterocycles. The predicted octanol–water partition coefficient (Wildman–Crippen LogP) is 2.37. The van der Waals surface area contributed by atoms with Gasteiger partial charge in [0.05, 0.1) is 5.69 Å². The number of methoxy groups -OCH3 is 1. The van der Waals surface area contributed by atoms with Crippen LogP contribution in [0, 0.1) is 13.8 Å². The molecule has 0 spiro atoms. The molecule has 132 valence electrons. The highest BCUT2D eigenvalue weighted by molar-refractivity contribution is 5.83. The molecular formula is C19H22N2O4. The SMILES string of the molecule is COCc1cc(C2CN(C(=O)C3Cc4cc(C)c(C)cc4O3)C2)no1. The van der Waals surface area contributed by atoms with Gasteiger partial charge in [0, 0.05) is 38.6 Å². The number of amides is 1. The van der Waals surface area contributed by atoms with Gasteiger partial charge in [0.15, 0.2) is 11.9 Å². The summed E-state index contributed by atoms with van der Waals surface area (Å²) in [7, 11) is 1.62. The number of aromatic nitrogens is 1. The third-order valence-corrected chi connectivity index (χ3v) is 5.10. The number of aryl methyl sites for hydroxylation is 2. The number of carbonyl (C=O) groups excluding carboxylic acids is 1. The number of nitrogens with zero attached hydrogens (tertiary/aromatic N) is 2. The number of hydrogen-bond acceptors (Lipinski definition) is 5. The molecule has 25 heavy (non-hydrogen) atoms. The fourth-order valence-corrected chi connectivity index (χ4v) is 3.43. The summed E-state index contributed by atoms with van der Waals surface area (Å²) in [5.74, 6) is 1.84. The largest absolute Gasteiger partial charge is 0.480 e. The van der Waals surface area contributed by atoms with Gasteiger partial charge in [-0.2, -0.15) is 0 Å². The Hall–Kier alpha value is -2.34. The summed E-state index contributed by atoms with van der Waals surface area (Å²) in [6.45, 7) is 5.87. The highest BCUT2D eigenvalue weighted by Gasteiger charge is 2.40. The van der Waals surface area contributed by atoms with Crippen molar-refractivity contribution in [1.29, 1.82) is 0 Å². The number of ether oxygens (including phenoxy) is 2. The second-order valence-corrected chi connectivity index (χ2v) is 6.95. The number of rotatable bonds is 4. The zero-order valence-corrected chi connectivity index (χ0v) is 14.7. The first-order valence-electron chi connectivity index (χ1n) is 8.55. The summed E-state index contributed by atoms with van der Waals surface area (Å²) < 4.78 is 16.1. The van der Waals surface area contributed by atoms with Crippen molar-refractivity contribution < 1.29 is 18.8 Å². The number of fused-ring (bicyclic) bond motifs is 1. The van der Waals surface area contributed by atoms with Crippen LogP contribution < -0.4 is 4.74 Å². The molecule has 1 aromatic carbocycles. The van der Waals surface area contributed by atoms with Crippen LogP contribution in [0.25, 0.3) is 0 Å². The van der Waals surface area contributed by atoms with Crippen LogP contribution in [-0.2, 0) is 22.6 Å². The van der Waals surface area contributed by atoms with Gasteiger partial charge in [-0.05, 0) is 36.6 Å². The van der Waals surface area contributed by atoms with E-state index in [9.17, 15) is 4.79 Å². The standard InChI is InChI=1S/C19H22N2O4/c1-11-4-13-6-18(24-17(13)5-12(11)2)19(22)21-8-14(9-21)16-7-15(10-23-3)25-20-16/h4-5,7,14,18H,6,8-10H2,1-3H3. The van der Waals surface area contributed by atoms with E-state index in [0.29, 0.717) is 31.9 Å². The Kier molecular flexibility index (Phi) is 4.00. The van der Waals surface area contributed by atoms with E-state index in [4.69, 9.17) is 14.0 Å². The molecule has 0 aliphatic carbocycles. The number of likely N-dealkylation sites (tertiary alicyclic amines) is 1. The quantitative estimate of drug-likeness (QED) is 0.853. The molecule has 4 rings (SSSR count). The molecule has 1 aromatic heterocycles. The van der Waals surface area contributed by atoms with Gasteiger partial charge < -0.3 is 18.9 Å². The first kappa shape index (κ1) is 16.1. The lowest BCUT2D eigenvalue weighted by Gasteiger charge is -2.39. The van der Waals surface area contributed by atoms with Gasteiger partial charge >= 0.3 is 0 Å². The van der Waals surface area contributed by atoms with Crippen LogP contribution in [0.15, 0.2) is 22.7 Å². The van der Waals surface area contributed by atoms with Crippen molar-refractivity contribution in [3.05, 3.63) is 46.3 Å². The molecule has 0 radical (unpaired) electrons. The van der Waals surface area contributed by atoms with E-state index in [0.717, 1.165) is 17.0 Å². The van der Waals surface area contributed by atoms with Crippen LogP contribution in [0.3, 0.4) is 0 Å². The normalized spacial score (nSPS) is 19.5. The number of hydrogen-bond donors (Lipinski definition) is 0.